The van der Waals surface area contributed by atoms with Crippen LogP contribution in [-0.4, -0.2) is 30.7 Å². The summed E-state index contributed by atoms with van der Waals surface area (Å²) in [6.07, 6.45) is 1.29. The number of hydrogen-bond acceptors (Lipinski definition) is 6. The van der Waals surface area contributed by atoms with Gasteiger partial charge in [-0.2, -0.15) is 0 Å². The van der Waals surface area contributed by atoms with Crippen molar-refractivity contribution in [1.82, 2.24) is 0 Å². The molecule has 0 bridgehead atoms. The molecule has 1 heterocycles. The van der Waals surface area contributed by atoms with E-state index in [1.165, 1.54) is 6.21 Å². The van der Waals surface area contributed by atoms with Crippen molar-refractivity contribution in [3.05, 3.63) is 58.1 Å². The highest BCUT2D eigenvalue weighted by Gasteiger charge is 2.22. The van der Waals surface area contributed by atoms with E-state index in [1.54, 1.807) is 31.2 Å². The lowest BCUT2D eigenvalue weighted by atomic mass is 10.1. The Morgan fingerprint density at radius 3 is 2.81 bits per heavy atom. The second kappa shape index (κ2) is 8.05. The predicted octanol–water partition coefficient (Wildman–Crippen LogP) is 4.41. The molecular weight excluding hydrogens is 402 g/mol. The Morgan fingerprint density at radius 2 is 2.08 bits per heavy atom. The number of carbonyl (C=O) groups is 1. The maximum Gasteiger partial charge on any atom is 0.343 e. The molecule has 1 aliphatic heterocycles. The van der Waals surface area contributed by atoms with E-state index in [4.69, 9.17) is 14.2 Å². The van der Waals surface area contributed by atoms with Crippen LogP contribution in [0.4, 0.5) is 5.69 Å². The maximum absolute atomic E-state index is 12.3. The van der Waals surface area contributed by atoms with Gasteiger partial charge in [0.05, 0.1) is 16.8 Å². The summed E-state index contributed by atoms with van der Waals surface area (Å²) in [5.41, 5.74) is 0.971. The number of rotatable bonds is 5. The number of fused-ring (bicyclic) bond motifs is 1. The Bertz CT molecular complexity index is 877. The Balaban J connectivity index is 2.03. The standard InChI is InChI=1S/C19H16BrNO5/c1-2-24-19(23)14(10-21-13-6-4-3-5-7-13)17(22)12-8-15(20)18-16(9-12)25-11-26-18/h3-10,22H,2,11H2,1H3. The largest absolute Gasteiger partial charge is 0.506 e. The molecule has 2 aromatic carbocycles. The molecule has 1 N–H and O–H groups in total. The Morgan fingerprint density at radius 1 is 1.31 bits per heavy atom. The summed E-state index contributed by atoms with van der Waals surface area (Å²) in [4.78, 5) is 16.5. The van der Waals surface area contributed by atoms with Gasteiger partial charge in [0.2, 0.25) is 6.79 Å². The lowest BCUT2D eigenvalue weighted by molar-refractivity contribution is -0.137. The molecule has 0 aliphatic carbocycles. The van der Waals surface area contributed by atoms with Crippen LogP contribution in [0, 0.1) is 0 Å². The molecule has 0 saturated carbocycles. The number of aliphatic hydroxyl groups is 1. The SMILES string of the molecule is CCOC(=O)C(C=Nc1ccccc1)=C(O)c1cc(Br)c2c(c1)OCO2. The first-order chi connectivity index (χ1) is 12.6. The van der Waals surface area contributed by atoms with Gasteiger partial charge in [0, 0.05) is 11.8 Å². The van der Waals surface area contributed by atoms with Crippen LogP contribution in [0.15, 0.2) is 57.5 Å². The summed E-state index contributed by atoms with van der Waals surface area (Å²) in [5, 5.41) is 10.7. The number of hydrogen-bond donors (Lipinski definition) is 1. The van der Waals surface area contributed by atoms with Gasteiger partial charge in [-0.25, -0.2) is 4.79 Å². The molecule has 0 atom stereocenters. The Kier molecular flexibility index (Phi) is 5.58. The van der Waals surface area contributed by atoms with Crippen LogP contribution < -0.4 is 9.47 Å². The minimum atomic E-state index is -0.668. The number of halogens is 1. The van der Waals surface area contributed by atoms with E-state index >= 15 is 0 Å². The van der Waals surface area contributed by atoms with E-state index in [9.17, 15) is 9.90 Å². The number of nitrogens with zero attached hydrogens (tertiary/aromatic N) is 1. The van der Waals surface area contributed by atoms with Crippen LogP contribution in [0.5, 0.6) is 11.5 Å². The average Bonchev–Trinajstić information content (AvgIpc) is 3.12. The van der Waals surface area contributed by atoms with E-state index in [1.807, 2.05) is 18.2 Å². The summed E-state index contributed by atoms with van der Waals surface area (Å²) < 4.78 is 16.3. The second-order valence-corrected chi connectivity index (χ2v) is 6.12. The number of aliphatic hydroxyl groups excluding tert-OH is 1. The molecule has 0 saturated heterocycles. The fourth-order valence-corrected chi connectivity index (χ4v) is 2.89. The normalized spacial score (nSPS) is 13.6. The van der Waals surface area contributed by atoms with Crippen LogP contribution in [0.1, 0.15) is 12.5 Å². The summed E-state index contributed by atoms with van der Waals surface area (Å²) in [5.74, 6) is 0.0990. The van der Waals surface area contributed by atoms with Crippen molar-refractivity contribution in [2.75, 3.05) is 13.4 Å². The van der Waals surface area contributed by atoms with Gasteiger partial charge in [-0.15, -0.1) is 0 Å². The van der Waals surface area contributed by atoms with Gasteiger partial charge < -0.3 is 19.3 Å². The average molecular weight is 418 g/mol. The molecule has 3 rings (SSSR count). The number of aliphatic imine (C=N–C) groups is 1. The third kappa shape index (κ3) is 3.88. The molecule has 0 unspecified atom stereocenters. The van der Waals surface area contributed by atoms with Crippen LogP contribution in [0.25, 0.3) is 5.76 Å². The van der Waals surface area contributed by atoms with E-state index in [2.05, 4.69) is 20.9 Å². The Hall–Kier alpha value is -2.80. The van der Waals surface area contributed by atoms with Crippen molar-refractivity contribution in [2.24, 2.45) is 4.99 Å². The zero-order chi connectivity index (χ0) is 18.5. The number of para-hydroxylation sites is 1. The van der Waals surface area contributed by atoms with Crippen LogP contribution in [-0.2, 0) is 9.53 Å². The van der Waals surface area contributed by atoms with Crippen LogP contribution in [0.2, 0.25) is 0 Å². The second-order valence-electron chi connectivity index (χ2n) is 5.27. The first-order valence-electron chi connectivity index (χ1n) is 7.89. The molecule has 6 nitrogen and oxygen atoms in total. The minimum Gasteiger partial charge on any atom is -0.506 e. The molecule has 0 spiro atoms. The van der Waals surface area contributed by atoms with Gasteiger partial charge in [0.15, 0.2) is 11.5 Å². The van der Waals surface area contributed by atoms with Gasteiger partial charge in [-0.1, -0.05) is 18.2 Å². The van der Waals surface area contributed by atoms with E-state index in [0.29, 0.717) is 27.2 Å². The number of ether oxygens (including phenoxy) is 3. The van der Waals surface area contributed by atoms with E-state index in [-0.39, 0.29) is 24.7 Å². The fraction of sp³-hybridized carbons (Fsp3) is 0.158. The first-order valence-corrected chi connectivity index (χ1v) is 8.68. The molecular formula is C19H16BrNO5. The number of esters is 1. The van der Waals surface area contributed by atoms with Crippen molar-refractivity contribution < 1.29 is 24.1 Å². The zero-order valence-electron chi connectivity index (χ0n) is 13.9. The highest BCUT2D eigenvalue weighted by atomic mass is 79.9. The fourth-order valence-electron chi connectivity index (χ4n) is 2.33. The van der Waals surface area contributed by atoms with Gasteiger partial charge in [0.1, 0.15) is 11.3 Å². The highest BCUT2D eigenvalue weighted by molar-refractivity contribution is 9.10. The first kappa shape index (κ1) is 18.0. The highest BCUT2D eigenvalue weighted by Crippen LogP contribution is 2.41. The zero-order valence-corrected chi connectivity index (χ0v) is 15.5. The molecule has 1 aliphatic rings. The van der Waals surface area contributed by atoms with Gasteiger partial charge >= 0.3 is 5.97 Å². The van der Waals surface area contributed by atoms with Crippen molar-refractivity contribution >= 4 is 39.6 Å². The smallest absolute Gasteiger partial charge is 0.343 e. The summed E-state index contributed by atoms with van der Waals surface area (Å²) >= 11 is 3.37. The molecule has 0 aromatic heterocycles. The number of carbonyl (C=O) groups excluding carboxylic acids is 1. The monoisotopic (exact) mass is 417 g/mol. The number of benzene rings is 2. The van der Waals surface area contributed by atoms with Crippen molar-refractivity contribution in [3.8, 4) is 11.5 Å². The molecule has 7 heteroatoms. The lowest BCUT2D eigenvalue weighted by Crippen LogP contribution is -2.11. The topological polar surface area (TPSA) is 77.4 Å². The van der Waals surface area contributed by atoms with Gasteiger partial charge in [0.25, 0.3) is 0 Å². The van der Waals surface area contributed by atoms with Crippen molar-refractivity contribution in [2.45, 2.75) is 6.92 Å². The third-order valence-electron chi connectivity index (χ3n) is 3.55. The van der Waals surface area contributed by atoms with Crippen LogP contribution >= 0.6 is 15.9 Å². The molecule has 0 amide bonds. The summed E-state index contributed by atoms with van der Waals surface area (Å²) in [6, 6.07) is 12.3. The van der Waals surface area contributed by atoms with Crippen molar-refractivity contribution in [3.63, 3.8) is 0 Å². The third-order valence-corrected chi connectivity index (χ3v) is 4.14. The van der Waals surface area contributed by atoms with Crippen LogP contribution in [0.3, 0.4) is 0 Å². The minimum absolute atomic E-state index is 0.0542. The van der Waals surface area contributed by atoms with E-state index < -0.39 is 5.97 Å². The summed E-state index contributed by atoms with van der Waals surface area (Å²) in [7, 11) is 0. The maximum atomic E-state index is 12.3. The Labute approximate surface area is 158 Å². The molecule has 26 heavy (non-hydrogen) atoms. The predicted molar refractivity (Wildman–Crippen MR) is 101 cm³/mol. The molecule has 134 valence electrons. The molecule has 0 radical (unpaired) electrons. The summed E-state index contributed by atoms with van der Waals surface area (Å²) in [6.45, 7) is 1.97. The van der Waals surface area contributed by atoms with Gasteiger partial charge in [-0.3, -0.25) is 4.99 Å². The van der Waals surface area contributed by atoms with E-state index in [0.717, 1.165) is 0 Å². The lowest BCUT2D eigenvalue weighted by Gasteiger charge is -2.09. The van der Waals surface area contributed by atoms with Crippen molar-refractivity contribution in [1.29, 1.82) is 0 Å². The molecule has 0 fully saturated rings. The quantitative estimate of drug-likeness (QED) is 0.337. The van der Waals surface area contributed by atoms with Gasteiger partial charge in [-0.05, 0) is 47.1 Å². The molecule has 2 aromatic rings.